The van der Waals surface area contributed by atoms with Crippen molar-refractivity contribution < 1.29 is 4.79 Å². The minimum Gasteiger partial charge on any atom is -0.353 e. The third-order valence-corrected chi connectivity index (χ3v) is 4.03. The summed E-state index contributed by atoms with van der Waals surface area (Å²) in [5, 5.41) is 3.12. The van der Waals surface area contributed by atoms with Crippen molar-refractivity contribution in [2.24, 2.45) is 17.6 Å². The molecule has 0 saturated heterocycles. The van der Waals surface area contributed by atoms with Crippen molar-refractivity contribution in [3.63, 3.8) is 0 Å². The summed E-state index contributed by atoms with van der Waals surface area (Å²) in [5.41, 5.74) is 6.05. The molecule has 1 aliphatic rings. The maximum atomic E-state index is 12.1. The molecule has 4 atom stereocenters. The van der Waals surface area contributed by atoms with E-state index in [9.17, 15) is 4.79 Å². The first kappa shape index (κ1) is 15.4. The van der Waals surface area contributed by atoms with Crippen LogP contribution in [0.3, 0.4) is 0 Å². The Hall–Kier alpha value is -0.610. The highest BCUT2D eigenvalue weighted by Gasteiger charge is 2.29. The lowest BCUT2D eigenvalue weighted by Crippen LogP contribution is -2.44. The molecular formula is C14H29N3O. The molecule has 4 nitrogen and oxygen atoms in total. The Labute approximate surface area is 111 Å². The van der Waals surface area contributed by atoms with Crippen LogP contribution in [-0.4, -0.2) is 43.5 Å². The van der Waals surface area contributed by atoms with Crippen molar-refractivity contribution in [2.45, 2.75) is 51.6 Å². The van der Waals surface area contributed by atoms with E-state index in [4.69, 9.17) is 5.73 Å². The Morgan fingerprint density at radius 2 is 2.11 bits per heavy atom. The Morgan fingerprint density at radius 3 is 2.67 bits per heavy atom. The van der Waals surface area contributed by atoms with Crippen LogP contribution in [0.5, 0.6) is 0 Å². The lowest BCUT2D eigenvalue weighted by Gasteiger charge is -2.31. The van der Waals surface area contributed by atoms with E-state index in [-0.39, 0.29) is 23.9 Å². The molecular weight excluding hydrogens is 226 g/mol. The summed E-state index contributed by atoms with van der Waals surface area (Å²) in [5.74, 6) is 0.877. The summed E-state index contributed by atoms with van der Waals surface area (Å²) in [6.45, 7) is 5.26. The van der Waals surface area contributed by atoms with Gasteiger partial charge in [-0.3, -0.25) is 4.79 Å². The molecule has 1 rings (SSSR count). The summed E-state index contributed by atoms with van der Waals surface area (Å²) in [7, 11) is 4.10. The molecule has 1 amide bonds. The van der Waals surface area contributed by atoms with Gasteiger partial charge in [-0.2, -0.15) is 0 Å². The highest BCUT2D eigenvalue weighted by molar-refractivity contribution is 5.79. The average molecular weight is 255 g/mol. The topological polar surface area (TPSA) is 58.4 Å². The summed E-state index contributed by atoms with van der Waals surface area (Å²) in [6, 6.07) is 0.432. The van der Waals surface area contributed by atoms with E-state index in [1.165, 1.54) is 0 Å². The highest BCUT2D eigenvalue weighted by Crippen LogP contribution is 2.27. The molecule has 1 fully saturated rings. The fraction of sp³-hybridized carbons (Fsp3) is 0.929. The molecule has 0 bridgehead atoms. The predicted molar refractivity (Wildman–Crippen MR) is 75.3 cm³/mol. The molecule has 106 valence electrons. The number of hydrogen-bond donors (Lipinski definition) is 2. The fourth-order valence-electron chi connectivity index (χ4n) is 2.48. The van der Waals surface area contributed by atoms with Gasteiger partial charge in [-0.05, 0) is 59.2 Å². The van der Waals surface area contributed by atoms with E-state index >= 15 is 0 Å². The zero-order chi connectivity index (χ0) is 13.7. The van der Waals surface area contributed by atoms with E-state index in [0.29, 0.717) is 5.92 Å². The smallest absolute Gasteiger partial charge is 0.223 e. The minimum atomic E-state index is 0.123. The van der Waals surface area contributed by atoms with Crippen molar-refractivity contribution >= 4 is 5.91 Å². The van der Waals surface area contributed by atoms with Gasteiger partial charge in [0.1, 0.15) is 0 Å². The normalized spacial score (nSPS) is 30.2. The predicted octanol–water partition coefficient (Wildman–Crippen LogP) is 1.21. The molecule has 0 aromatic heterocycles. The molecule has 0 heterocycles. The largest absolute Gasteiger partial charge is 0.353 e. The van der Waals surface area contributed by atoms with Crippen molar-refractivity contribution in [3.05, 3.63) is 0 Å². The minimum absolute atomic E-state index is 0.123. The summed E-state index contributed by atoms with van der Waals surface area (Å²) in [6.07, 6.45) is 3.90. The Morgan fingerprint density at radius 1 is 1.44 bits per heavy atom. The number of amides is 1. The van der Waals surface area contributed by atoms with Gasteiger partial charge in [0.25, 0.3) is 0 Å². The number of carbonyl (C=O) groups excluding carboxylic acids is 1. The number of nitrogens with one attached hydrogen (secondary N) is 1. The van der Waals surface area contributed by atoms with Crippen LogP contribution < -0.4 is 11.1 Å². The molecule has 0 spiro atoms. The summed E-state index contributed by atoms with van der Waals surface area (Å²) < 4.78 is 0. The van der Waals surface area contributed by atoms with Crippen molar-refractivity contribution in [3.8, 4) is 0 Å². The van der Waals surface area contributed by atoms with Crippen molar-refractivity contribution in [2.75, 3.05) is 20.6 Å². The molecule has 0 radical (unpaired) electrons. The zero-order valence-corrected chi connectivity index (χ0v) is 12.3. The van der Waals surface area contributed by atoms with Crippen LogP contribution in [0.15, 0.2) is 0 Å². The van der Waals surface area contributed by atoms with Gasteiger partial charge in [-0.25, -0.2) is 0 Å². The standard InChI is InChI=1S/C14H29N3O/c1-10-5-6-12(9-13(10)15)14(18)16-11(2)7-8-17(3)4/h10-13H,5-9,15H2,1-4H3,(H,16,18). The van der Waals surface area contributed by atoms with Crippen molar-refractivity contribution in [1.82, 2.24) is 10.2 Å². The quantitative estimate of drug-likeness (QED) is 0.776. The first-order valence-corrected chi connectivity index (χ1v) is 7.10. The van der Waals surface area contributed by atoms with Gasteiger partial charge in [-0.1, -0.05) is 6.92 Å². The lowest BCUT2D eigenvalue weighted by molar-refractivity contribution is -0.127. The molecule has 0 aromatic carbocycles. The second kappa shape index (κ2) is 7.10. The first-order chi connectivity index (χ1) is 8.40. The summed E-state index contributed by atoms with van der Waals surface area (Å²) >= 11 is 0. The zero-order valence-electron chi connectivity index (χ0n) is 12.3. The first-order valence-electron chi connectivity index (χ1n) is 7.10. The molecule has 0 aromatic rings. The second-order valence-corrected chi connectivity index (χ2v) is 6.15. The van der Waals surface area contributed by atoms with Gasteiger partial charge < -0.3 is 16.0 Å². The molecule has 4 heteroatoms. The van der Waals surface area contributed by atoms with Crippen LogP contribution in [-0.2, 0) is 4.79 Å². The maximum Gasteiger partial charge on any atom is 0.223 e. The van der Waals surface area contributed by atoms with Crippen LogP contribution in [0.25, 0.3) is 0 Å². The van der Waals surface area contributed by atoms with E-state index in [1.54, 1.807) is 0 Å². The van der Waals surface area contributed by atoms with Gasteiger partial charge >= 0.3 is 0 Å². The van der Waals surface area contributed by atoms with Gasteiger partial charge in [0.15, 0.2) is 0 Å². The third-order valence-electron chi connectivity index (χ3n) is 4.03. The van der Waals surface area contributed by atoms with Crippen LogP contribution in [0.4, 0.5) is 0 Å². The second-order valence-electron chi connectivity index (χ2n) is 6.15. The van der Waals surface area contributed by atoms with Gasteiger partial charge in [0.2, 0.25) is 5.91 Å². The van der Waals surface area contributed by atoms with E-state index < -0.39 is 0 Å². The van der Waals surface area contributed by atoms with E-state index in [1.807, 2.05) is 0 Å². The monoisotopic (exact) mass is 255 g/mol. The van der Waals surface area contributed by atoms with Gasteiger partial charge in [0, 0.05) is 18.0 Å². The number of hydrogen-bond acceptors (Lipinski definition) is 3. The molecule has 3 N–H and O–H groups in total. The Balaban J connectivity index is 2.32. The Bertz CT molecular complexity index is 268. The van der Waals surface area contributed by atoms with E-state index in [0.717, 1.165) is 32.2 Å². The van der Waals surface area contributed by atoms with Crippen LogP contribution >= 0.6 is 0 Å². The average Bonchev–Trinajstić information content (AvgIpc) is 2.30. The summed E-state index contributed by atoms with van der Waals surface area (Å²) in [4.78, 5) is 14.3. The third kappa shape index (κ3) is 4.94. The van der Waals surface area contributed by atoms with Crippen LogP contribution in [0.1, 0.15) is 39.5 Å². The number of rotatable bonds is 5. The fourth-order valence-corrected chi connectivity index (χ4v) is 2.48. The van der Waals surface area contributed by atoms with Gasteiger partial charge in [-0.15, -0.1) is 0 Å². The highest BCUT2D eigenvalue weighted by atomic mass is 16.1. The lowest BCUT2D eigenvalue weighted by atomic mass is 9.79. The molecule has 0 aliphatic heterocycles. The SMILES string of the molecule is CC(CCN(C)C)NC(=O)C1CCC(C)C(N)C1. The number of nitrogens with two attached hydrogens (primary N) is 1. The van der Waals surface area contributed by atoms with E-state index in [2.05, 4.69) is 38.2 Å². The number of nitrogens with zero attached hydrogens (tertiary/aromatic N) is 1. The Kier molecular flexibility index (Phi) is 6.09. The maximum absolute atomic E-state index is 12.1. The van der Waals surface area contributed by atoms with Crippen LogP contribution in [0.2, 0.25) is 0 Å². The number of carbonyl (C=O) groups is 1. The van der Waals surface area contributed by atoms with Gasteiger partial charge in [0.05, 0.1) is 0 Å². The van der Waals surface area contributed by atoms with Crippen LogP contribution in [0, 0.1) is 11.8 Å². The van der Waals surface area contributed by atoms with Crippen molar-refractivity contribution in [1.29, 1.82) is 0 Å². The molecule has 4 unspecified atom stereocenters. The molecule has 1 aliphatic carbocycles. The molecule has 1 saturated carbocycles. The molecule has 18 heavy (non-hydrogen) atoms.